The third kappa shape index (κ3) is 6.61. The number of esters is 2. The van der Waals surface area contributed by atoms with Crippen LogP contribution in [0.2, 0.25) is 0 Å². The summed E-state index contributed by atoms with van der Waals surface area (Å²) in [6.07, 6.45) is 9.97. The fourth-order valence-electron chi connectivity index (χ4n) is 5.85. The number of rotatable bonds is 11. The first-order chi connectivity index (χ1) is 14.0. The highest BCUT2D eigenvalue weighted by molar-refractivity contribution is 5.75. The van der Waals surface area contributed by atoms with E-state index in [2.05, 4.69) is 10.6 Å². The SMILES string of the molecule is CCOC(=O)CCCCOC(=O)CCCNC(=O)NC12CC3CC(CC(C3)C1)C2. The van der Waals surface area contributed by atoms with Crippen molar-refractivity contribution in [2.75, 3.05) is 19.8 Å². The minimum Gasteiger partial charge on any atom is -0.466 e. The molecule has 4 bridgehead atoms. The lowest BCUT2D eigenvalue weighted by atomic mass is 9.53. The van der Waals surface area contributed by atoms with Crippen molar-refractivity contribution in [3.05, 3.63) is 0 Å². The molecular formula is C22H36N2O5. The zero-order valence-corrected chi connectivity index (χ0v) is 17.7. The lowest BCUT2D eigenvalue weighted by Gasteiger charge is -2.56. The minimum atomic E-state index is -0.260. The second-order valence-electron chi connectivity index (χ2n) is 9.16. The van der Waals surface area contributed by atoms with Gasteiger partial charge in [-0.05, 0) is 82.5 Å². The predicted molar refractivity (Wildman–Crippen MR) is 108 cm³/mol. The molecule has 29 heavy (non-hydrogen) atoms. The quantitative estimate of drug-likeness (QED) is 0.404. The second kappa shape index (κ2) is 10.3. The fourth-order valence-corrected chi connectivity index (χ4v) is 5.85. The summed E-state index contributed by atoms with van der Waals surface area (Å²) in [6.45, 7) is 2.96. The van der Waals surface area contributed by atoms with Gasteiger partial charge in [-0.25, -0.2) is 4.79 Å². The predicted octanol–water partition coefficient (Wildman–Crippen LogP) is 3.31. The first-order valence-corrected chi connectivity index (χ1v) is 11.4. The maximum Gasteiger partial charge on any atom is 0.315 e. The van der Waals surface area contributed by atoms with Crippen LogP contribution in [0.1, 0.15) is 77.6 Å². The Kier molecular flexibility index (Phi) is 7.78. The monoisotopic (exact) mass is 408 g/mol. The van der Waals surface area contributed by atoms with Gasteiger partial charge in [-0.15, -0.1) is 0 Å². The van der Waals surface area contributed by atoms with Crippen molar-refractivity contribution in [1.29, 1.82) is 0 Å². The Morgan fingerprint density at radius 3 is 2.07 bits per heavy atom. The Balaban J connectivity index is 1.21. The molecule has 2 N–H and O–H groups in total. The molecule has 4 rings (SSSR count). The largest absolute Gasteiger partial charge is 0.466 e. The number of nitrogens with one attached hydrogen (secondary N) is 2. The Labute approximate surface area is 173 Å². The molecule has 164 valence electrons. The van der Waals surface area contributed by atoms with E-state index in [0.717, 1.165) is 37.0 Å². The molecule has 4 aliphatic carbocycles. The van der Waals surface area contributed by atoms with Crippen molar-refractivity contribution < 1.29 is 23.9 Å². The van der Waals surface area contributed by atoms with Gasteiger partial charge in [0.15, 0.2) is 0 Å². The number of carbonyl (C=O) groups is 3. The van der Waals surface area contributed by atoms with E-state index in [1.807, 2.05) is 0 Å². The molecule has 0 radical (unpaired) electrons. The number of hydrogen-bond donors (Lipinski definition) is 2. The van der Waals surface area contributed by atoms with E-state index in [0.29, 0.717) is 45.4 Å². The van der Waals surface area contributed by atoms with Crippen LogP contribution in [0.5, 0.6) is 0 Å². The summed E-state index contributed by atoms with van der Waals surface area (Å²) in [5.41, 5.74) is 0.0152. The van der Waals surface area contributed by atoms with Crippen LogP contribution in [0.3, 0.4) is 0 Å². The van der Waals surface area contributed by atoms with Gasteiger partial charge in [0, 0.05) is 24.9 Å². The van der Waals surface area contributed by atoms with Crippen LogP contribution in [0, 0.1) is 17.8 Å². The molecule has 0 heterocycles. The molecule has 0 saturated heterocycles. The molecule has 0 aromatic rings. The van der Waals surface area contributed by atoms with Crippen molar-refractivity contribution >= 4 is 18.0 Å². The average Bonchev–Trinajstić information content (AvgIpc) is 2.63. The van der Waals surface area contributed by atoms with Crippen molar-refractivity contribution in [3.63, 3.8) is 0 Å². The standard InChI is InChI=1S/C22H36N2O5/c1-2-28-19(25)6-3-4-9-29-20(26)7-5-8-23-21(27)24-22-13-16-10-17(14-22)12-18(11-16)15-22/h16-18H,2-15H2,1H3,(H2,23,24,27). The molecule has 0 aromatic heterocycles. The summed E-state index contributed by atoms with van der Waals surface area (Å²) in [5.74, 6) is 1.93. The van der Waals surface area contributed by atoms with Gasteiger partial charge in [0.25, 0.3) is 0 Å². The number of carbonyl (C=O) groups excluding carboxylic acids is 3. The molecule has 4 saturated carbocycles. The number of unbranched alkanes of at least 4 members (excludes halogenated alkanes) is 1. The van der Waals surface area contributed by atoms with Crippen molar-refractivity contribution in [3.8, 4) is 0 Å². The topological polar surface area (TPSA) is 93.7 Å². The molecule has 0 atom stereocenters. The van der Waals surface area contributed by atoms with Gasteiger partial charge in [-0.2, -0.15) is 0 Å². The minimum absolute atomic E-state index is 0.0152. The van der Waals surface area contributed by atoms with Crippen molar-refractivity contribution in [2.24, 2.45) is 17.8 Å². The molecule has 0 spiro atoms. The zero-order chi connectivity index (χ0) is 20.7. The van der Waals surface area contributed by atoms with Crippen LogP contribution in [-0.4, -0.2) is 43.3 Å². The van der Waals surface area contributed by atoms with E-state index < -0.39 is 0 Å². The third-order valence-corrected chi connectivity index (χ3v) is 6.60. The van der Waals surface area contributed by atoms with Gasteiger partial charge in [0.2, 0.25) is 0 Å². The molecule has 7 nitrogen and oxygen atoms in total. The molecule has 0 aliphatic heterocycles. The van der Waals surface area contributed by atoms with Crippen molar-refractivity contribution in [1.82, 2.24) is 10.6 Å². The van der Waals surface area contributed by atoms with Gasteiger partial charge >= 0.3 is 18.0 Å². The maximum atomic E-state index is 12.3. The van der Waals surface area contributed by atoms with E-state index >= 15 is 0 Å². The van der Waals surface area contributed by atoms with Crippen LogP contribution in [0.15, 0.2) is 0 Å². The first-order valence-electron chi connectivity index (χ1n) is 11.4. The number of amides is 2. The Morgan fingerprint density at radius 2 is 1.45 bits per heavy atom. The summed E-state index contributed by atoms with van der Waals surface area (Å²) in [5, 5.41) is 6.18. The summed E-state index contributed by atoms with van der Waals surface area (Å²) in [6, 6.07) is -0.0979. The second-order valence-corrected chi connectivity index (χ2v) is 9.16. The van der Waals surface area contributed by atoms with Crippen LogP contribution < -0.4 is 10.6 Å². The van der Waals surface area contributed by atoms with Gasteiger partial charge in [0.1, 0.15) is 0 Å². The average molecular weight is 409 g/mol. The molecular weight excluding hydrogens is 372 g/mol. The number of urea groups is 1. The summed E-state index contributed by atoms with van der Waals surface area (Å²) < 4.78 is 10.0. The summed E-state index contributed by atoms with van der Waals surface area (Å²) in [7, 11) is 0. The third-order valence-electron chi connectivity index (χ3n) is 6.60. The van der Waals surface area contributed by atoms with Crippen molar-refractivity contribution in [2.45, 2.75) is 83.1 Å². The van der Waals surface area contributed by atoms with Crippen LogP contribution in [-0.2, 0) is 19.1 Å². The van der Waals surface area contributed by atoms with E-state index in [9.17, 15) is 14.4 Å². The first kappa shape index (κ1) is 21.9. The molecule has 0 aromatic carbocycles. The molecule has 7 heteroatoms. The molecule has 4 aliphatic rings. The molecule has 4 fully saturated rings. The Hall–Kier alpha value is -1.79. The smallest absolute Gasteiger partial charge is 0.315 e. The van der Waals surface area contributed by atoms with E-state index in [-0.39, 0.29) is 29.9 Å². The Bertz CT molecular complexity index is 556. The van der Waals surface area contributed by atoms with Gasteiger partial charge in [-0.1, -0.05) is 0 Å². The zero-order valence-electron chi connectivity index (χ0n) is 17.7. The maximum absolute atomic E-state index is 12.3. The van der Waals surface area contributed by atoms with Crippen LogP contribution in [0.4, 0.5) is 4.79 Å². The highest BCUT2D eigenvalue weighted by Crippen LogP contribution is 2.55. The summed E-state index contributed by atoms with van der Waals surface area (Å²) >= 11 is 0. The molecule has 2 amide bonds. The highest BCUT2D eigenvalue weighted by atomic mass is 16.5. The Morgan fingerprint density at radius 1 is 0.862 bits per heavy atom. The van der Waals surface area contributed by atoms with Crippen LogP contribution >= 0.6 is 0 Å². The van der Waals surface area contributed by atoms with Gasteiger partial charge < -0.3 is 20.1 Å². The number of ether oxygens (including phenoxy) is 2. The van der Waals surface area contributed by atoms with E-state index in [4.69, 9.17) is 9.47 Å². The number of hydrogen-bond acceptors (Lipinski definition) is 5. The summed E-state index contributed by atoms with van der Waals surface area (Å²) in [4.78, 5) is 35.3. The lowest BCUT2D eigenvalue weighted by molar-refractivity contribution is -0.144. The van der Waals surface area contributed by atoms with E-state index in [1.54, 1.807) is 6.92 Å². The highest BCUT2D eigenvalue weighted by Gasteiger charge is 2.51. The molecule has 0 unspecified atom stereocenters. The normalized spacial score (nSPS) is 29.3. The van der Waals surface area contributed by atoms with Gasteiger partial charge in [0.05, 0.1) is 13.2 Å². The lowest BCUT2D eigenvalue weighted by Crippen LogP contribution is -2.61. The van der Waals surface area contributed by atoms with E-state index in [1.165, 1.54) is 19.3 Å². The van der Waals surface area contributed by atoms with Gasteiger partial charge in [-0.3, -0.25) is 9.59 Å². The van der Waals surface area contributed by atoms with Crippen LogP contribution in [0.25, 0.3) is 0 Å². The fraction of sp³-hybridized carbons (Fsp3) is 0.864.